The number of nitrogens with one attached hydrogen (secondary N) is 1. The summed E-state index contributed by atoms with van der Waals surface area (Å²) in [7, 11) is 0. The van der Waals surface area contributed by atoms with Crippen LogP contribution in [-0.2, 0) is 6.54 Å². The van der Waals surface area contributed by atoms with Crippen molar-refractivity contribution in [3.05, 3.63) is 47.1 Å². The van der Waals surface area contributed by atoms with Gasteiger partial charge in [0, 0.05) is 42.0 Å². The van der Waals surface area contributed by atoms with Gasteiger partial charge < -0.3 is 15.0 Å². The summed E-state index contributed by atoms with van der Waals surface area (Å²) in [5.74, 6) is 0.612. The van der Waals surface area contributed by atoms with Crippen LogP contribution in [0.25, 0.3) is 0 Å². The highest BCUT2D eigenvalue weighted by molar-refractivity contribution is 6.30. The fraction of sp³-hybridized carbons (Fsp3) is 0.455. The second-order valence-electron chi connectivity index (χ2n) is 8.89. The van der Waals surface area contributed by atoms with E-state index >= 15 is 0 Å². The van der Waals surface area contributed by atoms with Gasteiger partial charge in [-0.05, 0) is 43.7 Å². The van der Waals surface area contributed by atoms with Crippen LogP contribution in [0.5, 0.6) is 11.8 Å². The smallest absolute Gasteiger partial charge is 0.408 e. The van der Waals surface area contributed by atoms with Gasteiger partial charge in [0.15, 0.2) is 0 Å². The highest BCUT2D eigenvalue weighted by atomic mass is 35.5. The highest BCUT2D eigenvalue weighted by Gasteiger charge is 2.43. The van der Waals surface area contributed by atoms with Gasteiger partial charge in [0.25, 0.3) is 0 Å². The molecule has 0 spiro atoms. The molecule has 13 heteroatoms. The van der Waals surface area contributed by atoms with Gasteiger partial charge in [0.2, 0.25) is 5.95 Å². The number of anilines is 2. The lowest BCUT2D eigenvalue weighted by atomic mass is 9.92. The third-order valence-corrected chi connectivity index (χ3v) is 6.47. The van der Waals surface area contributed by atoms with Gasteiger partial charge in [-0.15, -0.1) is 5.10 Å². The quantitative estimate of drug-likeness (QED) is 0.474. The van der Waals surface area contributed by atoms with Gasteiger partial charge in [-0.2, -0.15) is 18.2 Å². The molecule has 2 aliphatic rings. The van der Waals surface area contributed by atoms with E-state index in [2.05, 4.69) is 30.3 Å². The number of benzene rings is 1. The van der Waals surface area contributed by atoms with Crippen LogP contribution in [0.3, 0.4) is 0 Å². The molecule has 2 aromatic heterocycles. The molecule has 1 aliphatic carbocycles. The average molecular weight is 512 g/mol. The van der Waals surface area contributed by atoms with Crippen molar-refractivity contribution in [2.75, 3.05) is 23.3 Å². The van der Waals surface area contributed by atoms with E-state index in [4.69, 9.17) is 16.3 Å². The van der Waals surface area contributed by atoms with Crippen molar-refractivity contribution in [1.82, 2.24) is 24.7 Å². The lowest BCUT2D eigenvalue weighted by Gasteiger charge is -2.38. The molecule has 5 rings (SSSR count). The van der Waals surface area contributed by atoms with E-state index in [1.54, 1.807) is 6.33 Å². The van der Waals surface area contributed by atoms with Gasteiger partial charge in [-0.1, -0.05) is 11.6 Å². The molecule has 1 aromatic carbocycles. The third kappa shape index (κ3) is 5.42. The average Bonchev–Trinajstić information content (AvgIpc) is 3.20. The maximum absolute atomic E-state index is 13.7. The van der Waals surface area contributed by atoms with Crippen molar-refractivity contribution in [2.24, 2.45) is 11.8 Å². The van der Waals surface area contributed by atoms with Crippen LogP contribution in [0, 0.1) is 24.6 Å². The SMILES string of the molecule is Cc1cc(N2C[C@H]3CC[C@@H](C2)[C@@H]3Nc2nc(Oc3cc(F)cc(Cl)c3)n(CC(F)(F)F)n2)ncn1. The molecule has 2 fully saturated rings. The van der Waals surface area contributed by atoms with Crippen LogP contribution < -0.4 is 15.0 Å². The summed E-state index contributed by atoms with van der Waals surface area (Å²) in [5, 5.41) is 7.28. The Morgan fingerprint density at radius 3 is 2.51 bits per heavy atom. The van der Waals surface area contributed by atoms with Gasteiger partial charge in [0.1, 0.15) is 30.3 Å². The zero-order valence-electron chi connectivity index (χ0n) is 18.6. The summed E-state index contributed by atoms with van der Waals surface area (Å²) < 4.78 is 59.2. The molecule has 1 saturated carbocycles. The molecule has 0 amide bonds. The Morgan fingerprint density at radius 2 is 1.86 bits per heavy atom. The van der Waals surface area contributed by atoms with Gasteiger partial charge in [-0.25, -0.2) is 19.0 Å². The number of alkyl halides is 3. The van der Waals surface area contributed by atoms with Crippen molar-refractivity contribution in [2.45, 2.75) is 38.5 Å². The number of hydrogen-bond donors (Lipinski definition) is 1. The van der Waals surface area contributed by atoms with E-state index in [9.17, 15) is 17.6 Å². The topological polar surface area (TPSA) is 81.0 Å². The number of rotatable bonds is 6. The summed E-state index contributed by atoms with van der Waals surface area (Å²) in [6.07, 6.45) is -1.07. The maximum atomic E-state index is 13.7. The minimum Gasteiger partial charge on any atom is -0.424 e. The first kappa shape index (κ1) is 23.6. The van der Waals surface area contributed by atoms with Gasteiger partial charge in [-0.3, -0.25) is 0 Å². The standard InChI is InChI=1S/C22H22ClF4N7O/c1-12-4-18(29-11-28-12)33-8-13-2-3-14(9-33)19(13)30-20-31-21(34(32-20)10-22(25,26)27)35-17-6-15(23)5-16(24)7-17/h4-7,11,13-14,19H,2-3,8-10H2,1H3,(H,30,32)/t13-,14+,19-. The Morgan fingerprint density at radius 1 is 1.11 bits per heavy atom. The predicted molar refractivity (Wildman–Crippen MR) is 120 cm³/mol. The lowest BCUT2D eigenvalue weighted by Crippen LogP contribution is -2.48. The molecule has 186 valence electrons. The van der Waals surface area contributed by atoms with Crippen molar-refractivity contribution in [3.63, 3.8) is 0 Å². The first-order chi connectivity index (χ1) is 16.6. The fourth-order valence-corrected chi connectivity index (χ4v) is 5.05. The second-order valence-corrected chi connectivity index (χ2v) is 9.32. The molecule has 3 aromatic rings. The monoisotopic (exact) mass is 511 g/mol. The van der Waals surface area contributed by atoms with Gasteiger partial charge in [0.05, 0.1) is 0 Å². The Bertz CT molecular complexity index is 1190. The second kappa shape index (κ2) is 9.14. The molecule has 0 radical (unpaired) electrons. The Kier molecular flexibility index (Phi) is 6.16. The van der Waals surface area contributed by atoms with Crippen molar-refractivity contribution in [3.8, 4) is 11.8 Å². The zero-order chi connectivity index (χ0) is 24.7. The molecule has 1 saturated heterocycles. The number of aromatic nitrogens is 5. The Hall–Kier alpha value is -3.15. The highest BCUT2D eigenvalue weighted by Crippen LogP contribution is 2.40. The lowest BCUT2D eigenvalue weighted by molar-refractivity contribution is -0.143. The van der Waals surface area contributed by atoms with Crippen LogP contribution >= 0.6 is 11.6 Å². The van der Waals surface area contributed by atoms with Crippen molar-refractivity contribution < 1.29 is 22.3 Å². The molecular weight excluding hydrogens is 490 g/mol. The number of nitrogens with zero attached hydrogens (tertiary/aromatic N) is 6. The molecule has 1 N–H and O–H groups in total. The number of ether oxygens (including phenoxy) is 1. The number of halogens is 5. The van der Waals surface area contributed by atoms with Crippen LogP contribution in [0.15, 0.2) is 30.6 Å². The largest absolute Gasteiger partial charge is 0.424 e. The van der Waals surface area contributed by atoms with Crippen molar-refractivity contribution >= 4 is 23.4 Å². The van der Waals surface area contributed by atoms with E-state index in [0.29, 0.717) is 4.68 Å². The molecule has 35 heavy (non-hydrogen) atoms. The summed E-state index contributed by atoms with van der Waals surface area (Å²) in [6, 6.07) is 4.88. The summed E-state index contributed by atoms with van der Waals surface area (Å²) in [5.41, 5.74) is 0.883. The number of aryl methyl sites for hydroxylation is 1. The van der Waals surface area contributed by atoms with Crippen molar-refractivity contribution in [1.29, 1.82) is 0 Å². The Labute approximate surface area is 203 Å². The fourth-order valence-electron chi connectivity index (χ4n) is 4.84. The summed E-state index contributed by atoms with van der Waals surface area (Å²) >= 11 is 5.83. The normalized spacial score (nSPS) is 21.9. The van der Waals surface area contributed by atoms with Gasteiger partial charge >= 0.3 is 12.2 Å². The third-order valence-electron chi connectivity index (χ3n) is 6.25. The molecule has 2 bridgehead atoms. The summed E-state index contributed by atoms with van der Waals surface area (Å²) in [4.78, 5) is 14.9. The van der Waals surface area contributed by atoms with Crippen LogP contribution in [-0.4, -0.2) is 50.0 Å². The molecule has 8 nitrogen and oxygen atoms in total. The summed E-state index contributed by atoms with van der Waals surface area (Å²) in [6.45, 7) is 2.00. The number of piperidine rings is 1. The van der Waals surface area contributed by atoms with E-state index < -0.39 is 24.5 Å². The minimum absolute atomic E-state index is 0.00705. The minimum atomic E-state index is -4.55. The molecule has 3 atom stereocenters. The zero-order valence-corrected chi connectivity index (χ0v) is 19.4. The first-order valence-electron chi connectivity index (χ1n) is 11.1. The first-order valence-corrected chi connectivity index (χ1v) is 11.5. The Balaban J connectivity index is 1.35. The molecule has 1 aliphatic heterocycles. The van der Waals surface area contributed by atoms with E-state index in [1.165, 1.54) is 6.07 Å². The van der Waals surface area contributed by atoms with Crippen LogP contribution in [0.1, 0.15) is 18.5 Å². The molecule has 0 unspecified atom stereocenters. The van der Waals surface area contributed by atoms with Crippen LogP contribution in [0.2, 0.25) is 5.02 Å². The molecular formula is C22H22ClF4N7O. The number of hydrogen-bond acceptors (Lipinski definition) is 7. The maximum Gasteiger partial charge on any atom is 0.408 e. The number of fused-ring (bicyclic) bond motifs is 2. The predicted octanol–water partition coefficient (Wildman–Crippen LogP) is 4.85. The van der Waals surface area contributed by atoms with E-state index in [1.807, 2.05) is 13.0 Å². The van der Waals surface area contributed by atoms with E-state index in [-0.39, 0.29) is 34.6 Å². The van der Waals surface area contributed by atoms with Crippen LogP contribution in [0.4, 0.5) is 29.3 Å². The molecule has 3 heterocycles. The van der Waals surface area contributed by atoms with E-state index in [0.717, 1.165) is 49.6 Å².